The van der Waals surface area contributed by atoms with Crippen LogP contribution in [0.15, 0.2) is 58.5 Å². The summed E-state index contributed by atoms with van der Waals surface area (Å²) in [6.45, 7) is 21.8. The number of piperidine rings is 1. The zero-order valence-electron chi connectivity index (χ0n) is 25.7. The van der Waals surface area contributed by atoms with Crippen LogP contribution in [0.1, 0.15) is 96.8 Å². The van der Waals surface area contributed by atoms with Crippen LogP contribution in [-0.4, -0.2) is 35.3 Å². The average Bonchev–Trinajstić information content (AvgIpc) is 2.93. The van der Waals surface area contributed by atoms with Crippen LogP contribution in [-0.2, 0) is 0 Å². The van der Waals surface area contributed by atoms with Gasteiger partial charge in [0.15, 0.2) is 0 Å². The first-order valence-corrected chi connectivity index (χ1v) is 14.6. The maximum Gasteiger partial charge on any atom is 0.131 e. The Morgan fingerprint density at radius 2 is 1.85 bits per heavy atom. The van der Waals surface area contributed by atoms with E-state index in [-0.39, 0.29) is 12.2 Å². The Bertz CT molecular complexity index is 1230. The van der Waals surface area contributed by atoms with Crippen molar-refractivity contribution in [1.29, 1.82) is 5.26 Å². The minimum Gasteiger partial charge on any atom is -0.304 e. The third kappa shape index (κ3) is 9.65. The van der Waals surface area contributed by atoms with Gasteiger partial charge >= 0.3 is 0 Å². The van der Waals surface area contributed by atoms with Gasteiger partial charge in [-0.1, -0.05) is 44.6 Å². The van der Waals surface area contributed by atoms with E-state index in [2.05, 4.69) is 62.2 Å². The number of benzene rings is 1. The summed E-state index contributed by atoms with van der Waals surface area (Å²) < 4.78 is 15.3. The van der Waals surface area contributed by atoms with Crippen molar-refractivity contribution in [2.45, 2.75) is 87.0 Å². The van der Waals surface area contributed by atoms with Gasteiger partial charge in [0.1, 0.15) is 5.82 Å². The topological polar surface area (TPSA) is 42.6 Å². The normalized spacial score (nSPS) is 16.1. The number of allylic oxidation sites excluding steroid dienone is 4. The largest absolute Gasteiger partial charge is 0.304 e. The van der Waals surface area contributed by atoms with E-state index in [1.54, 1.807) is 11.1 Å². The van der Waals surface area contributed by atoms with E-state index in [0.29, 0.717) is 28.5 Å². The maximum absolute atomic E-state index is 15.3. The molecular weight excluding hydrogens is 495 g/mol. The fourth-order valence-electron chi connectivity index (χ4n) is 4.81. The van der Waals surface area contributed by atoms with Gasteiger partial charge in [0.2, 0.25) is 0 Å². The van der Waals surface area contributed by atoms with Crippen LogP contribution in [0.3, 0.4) is 0 Å². The summed E-state index contributed by atoms with van der Waals surface area (Å²) in [4.78, 5) is 2.47. The van der Waals surface area contributed by atoms with Crippen molar-refractivity contribution in [3.05, 3.63) is 75.9 Å². The second-order valence-corrected chi connectivity index (χ2v) is 10.7. The molecule has 0 atom stereocenters. The second kappa shape index (κ2) is 16.6. The number of hydrazone groups is 1. The van der Waals surface area contributed by atoms with E-state index in [1.165, 1.54) is 12.0 Å². The van der Waals surface area contributed by atoms with E-state index in [9.17, 15) is 5.26 Å². The van der Waals surface area contributed by atoms with Crippen molar-refractivity contribution in [1.82, 2.24) is 9.91 Å². The van der Waals surface area contributed by atoms with Crippen LogP contribution in [0.5, 0.6) is 0 Å². The number of hydrogen-bond acceptors (Lipinski definition) is 4. The summed E-state index contributed by atoms with van der Waals surface area (Å²) in [7, 11) is 0. The van der Waals surface area contributed by atoms with Crippen LogP contribution in [0.25, 0.3) is 6.08 Å². The van der Waals surface area contributed by atoms with Gasteiger partial charge in [0, 0.05) is 30.2 Å². The van der Waals surface area contributed by atoms with E-state index >= 15 is 4.39 Å². The Balaban J connectivity index is 0.000000708. The molecule has 2 heterocycles. The van der Waals surface area contributed by atoms with Crippen LogP contribution in [0.2, 0.25) is 0 Å². The highest BCUT2D eigenvalue weighted by Crippen LogP contribution is 2.30. The molecule has 3 rings (SSSR count). The van der Waals surface area contributed by atoms with Crippen molar-refractivity contribution in [3.8, 4) is 17.9 Å². The maximum atomic E-state index is 15.3. The standard InChI is InChI=1S/C28H35FN4.C7H12/c1-7-32-12-9-23(10-13-32)20(4)15-26-21(5)14-25(16-27(26)29)28-17-24(8-11-30)22(6)33(31-28)18-19(2)3;1-3-5-7-6-4-2/h14-18,23H,6-10,12-13H2,1-5H3;3-5H2,1-2H3/b20-15+;. The van der Waals surface area contributed by atoms with E-state index in [4.69, 9.17) is 0 Å². The van der Waals surface area contributed by atoms with Gasteiger partial charge < -0.3 is 4.90 Å². The molecule has 1 aromatic rings. The van der Waals surface area contributed by atoms with Gasteiger partial charge in [0.05, 0.1) is 23.9 Å². The lowest BCUT2D eigenvalue weighted by Gasteiger charge is -2.31. The molecule has 0 aliphatic carbocycles. The second-order valence-electron chi connectivity index (χ2n) is 10.7. The fourth-order valence-corrected chi connectivity index (χ4v) is 4.81. The van der Waals surface area contributed by atoms with Crippen molar-refractivity contribution < 1.29 is 4.39 Å². The Morgan fingerprint density at radius 3 is 2.40 bits per heavy atom. The molecular formula is C35H47FN4. The minimum atomic E-state index is -0.244. The molecule has 0 radical (unpaired) electrons. The van der Waals surface area contributed by atoms with Gasteiger partial charge in [-0.05, 0) is 102 Å². The molecule has 1 saturated heterocycles. The summed E-state index contributed by atoms with van der Waals surface area (Å²) >= 11 is 0. The Hall–Kier alpha value is -3.41. The van der Waals surface area contributed by atoms with E-state index < -0.39 is 0 Å². The zero-order chi connectivity index (χ0) is 29.7. The first kappa shape index (κ1) is 32.8. The molecule has 4 nitrogen and oxygen atoms in total. The Morgan fingerprint density at radius 1 is 1.15 bits per heavy atom. The molecule has 2 aliphatic heterocycles. The molecule has 5 heteroatoms. The highest BCUT2D eigenvalue weighted by atomic mass is 19.1. The van der Waals surface area contributed by atoms with Gasteiger partial charge in [-0.3, -0.25) is 0 Å². The van der Waals surface area contributed by atoms with Crippen molar-refractivity contribution in [3.63, 3.8) is 0 Å². The minimum absolute atomic E-state index is 0.225. The molecule has 214 valence electrons. The van der Waals surface area contributed by atoms with Crippen LogP contribution in [0, 0.1) is 41.8 Å². The Labute approximate surface area is 242 Å². The first-order valence-electron chi connectivity index (χ1n) is 14.6. The molecule has 0 unspecified atom stereocenters. The molecule has 2 aliphatic rings. The number of rotatable bonds is 7. The van der Waals surface area contributed by atoms with Crippen molar-refractivity contribution >= 4 is 11.8 Å². The van der Waals surface area contributed by atoms with Crippen LogP contribution >= 0.6 is 0 Å². The highest BCUT2D eigenvalue weighted by Gasteiger charge is 2.21. The third-order valence-electron chi connectivity index (χ3n) is 7.18. The first-order chi connectivity index (χ1) is 19.1. The number of aryl methyl sites for hydroxylation is 1. The predicted molar refractivity (Wildman–Crippen MR) is 168 cm³/mol. The van der Waals surface area contributed by atoms with Gasteiger partial charge in [-0.25, -0.2) is 9.40 Å². The molecule has 0 saturated carbocycles. The summed E-state index contributed by atoms with van der Waals surface area (Å²) in [6.07, 6.45) is 11.5. The summed E-state index contributed by atoms with van der Waals surface area (Å²) in [6, 6.07) is 5.73. The quantitative estimate of drug-likeness (QED) is 0.323. The van der Waals surface area contributed by atoms with Crippen molar-refractivity contribution in [2.24, 2.45) is 11.0 Å². The van der Waals surface area contributed by atoms with E-state index in [0.717, 1.165) is 62.0 Å². The van der Waals surface area contributed by atoms with Gasteiger partial charge in [-0.15, -0.1) is 11.8 Å². The number of likely N-dealkylation sites (tertiary alicyclic amines) is 1. The molecule has 40 heavy (non-hydrogen) atoms. The lowest BCUT2D eigenvalue weighted by atomic mass is 9.88. The smallest absolute Gasteiger partial charge is 0.131 e. The third-order valence-corrected chi connectivity index (χ3v) is 7.18. The van der Waals surface area contributed by atoms with E-state index in [1.807, 2.05) is 45.2 Å². The molecule has 0 aromatic heterocycles. The SMILES string of the molecule is C=C1C(CC#N)=CC(c2cc(C)c(/C=C(\C)C3CCN(CC)CC3)c(F)c2)=NN1C=C(C)C.CCC#CCCC. The number of nitrogens with zero attached hydrogens (tertiary/aromatic N) is 4. The molecule has 0 bridgehead atoms. The van der Waals surface area contributed by atoms with Crippen LogP contribution < -0.4 is 0 Å². The number of nitriles is 1. The molecule has 0 N–H and O–H groups in total. The molecule has 0 amide bonds. The number of halogens is 1. The van der Waals surface area contributed by atoms with Crippen molar-refractivity contribution in [2.75, 3.05) is 19.6 Å². The number of unbranched alkanes of at least 4 members (excludes halogenated alkanes) is 1. The fraction of sp³-hybridized carbons (Fsp3) is 0.486. The van der Waals surface area contributed by atoms with Crippen LogP contribution in [0.4, 0.5) is 4.39 Å². The summed E-state index contributed by atoms with van der Waals surface area (Å²) in [5.74, 6) is 6.30. The predicted octanol–water partition coefficient (Wildman–Crippen LogP) is 8.77. The monoisotopic (exact) mass is 542 g/mol. The molecule has 1 fully saturated rings. The zero-order valence-corrected chi connectivity index (χ0v) is 25.7. The average molecular weight is 543 g/mol. The molecule has 1 aromatic carbocycles. The lowest BCUT2D eigenvalue weighted by Crippen LogP contribution is -2.33. The van der Waals surface area contributed by atoms with Gasteiger partial charge in [-0.2, -0.15) is 10.4 Å². The summed E-state index contributed by atoms with van der Waals surface area (Å²) in [5, 5.41) is 15.6. The summed E-state index contributed by atoms with van der Waals surface area (Å²) in [5.41, 5.74) is 6.62. The Kier molecular flexibility index (Phi) is 13.6. The lowest BCUT2D eigenvalue weighted by molar-refractivity contribution is 0.208. The number of hydrogen-bond donors (Lipinski definition) is 0. The van der Waals surface area contributed by atoms with Gasteiger partial charge in [0.25, 0.3) is 0 Å². The molecule has 0 spiro atoms. The highest BCUT2D eigenvalue weighted by molar-refractivity contribution is 6.10.